The van der Waals surface area contributed by atoms with Gasteiger partial charge in [0.1, 0.15) is 11.9 Å². The van der Waals surface area contributed by atoms with Crippen molar-refractivity contribution in [1.82, 2.24) is 20.1 Å². The molecule has 2 aliphatic rings. The second kappa shape index (κ2) is 9.03. The Bertz CT molecular complexity index is 721. The number of likely N-dealkylation sites (tertiary alicyclic amines) is 1. The molecular weight excluding hydrogens is 358 g/mol. The van der Waals surface area contributed by atoms with Crippen LogP contribution in [0.25, 0.3) is 0 Å². The third kappa shape index (κ3) is 4.43. The maximum absolute atomic E-state index is 12.9. The summed E-state index contributed by atoms with van der Waals surface area (Å²) in [6, 6.07) is 3.33. The fraction of sp³-hybridized carbons (Fsp3) is 0.600. The highest BCUT2D eigenvalue weighted by molar-refractivity contribution is 5.94. The van der Waals surface area contributed by atoms with Crippen molar-refractivity contribution in [2.45, 2.75) is 39.2 Å². The number of anilines is 1. The maximum Gasteiger partial charge on any atom is 0.252 e. The summed E-state index contributed by atoms with van der Waals surface area (Å²) in [5.41, 5.74) is 0.544. The Kier molecular flexibility index (Phi) is 6.49. The van der Waals surface area contributed by atoms with Gasteiger partial charge in [-0.15, -0.1) is 0 Å². The number of carbonyl (C=O) groups is 3. The zero-order chi connectivity index (χ0) is 20.1. The van der Waals surface area contributed by atoms with Gasteiger partial charge in [-0.05, 0) is 38.3 Å². The van der Waals surface area contributed by atoms with Gasteiger partial charge in [0.2, 0.25) is 11.8 Å². The zero-order valence-corrected chi connectivity index (χ0v) is 16.7. The molecule has 3 rings (SSSR count). The largest absolute Gasteiger partial charge is 0.355 e. The van der Waals surface area contributed by atoms with Gasteiger partial charge in [0.05, 0.1) is 5.56 Å². The Morgan fingerprint density at radius 2 is 1.93 bits per heavy atom. The van der Waals surface area contributed by atoms with Gasteiger partial charge in [-0.1, -0.05) is 0 Å². The molecule has 1 aromatic rings. The second-order valence-corrected chi connectivity index (χ2v) is 7.30. The predicted octanol–water partition coefficient (Wildman–Crippen LogP) is 0.881. The fourth-order valence-corrected chi connectivity index (χ4v) is 3.95. The molecule has 2 fully saturated rings. The zero-order valence-electron chi connectivity index (χ0n) is 16.7. The smallest absolute Gasteiger partial charge is 0.252 e. The summed E-state index contributed by atoms with van der Waals surface area (Å²) >= 11 is 0. The van der Waals surface area contributed by atoms with Crippen LogP contribution in [0.4, 0.5) is 5.82 Å². The Balaban J connectivity index is 1.61. The summed E-state index contributed by atoms with van der Waals surface area (Å²) in [6.45, 7) is 7.46. The lowest BCUT2D eigenvalue weighted by atomic mass is 10.2. The number of carbonyl (C=O) groups excluding carboxylic acids is 3. The van der Waals surface area contributed by atoms with Crippen LogP contribution in [0.5, 0.6) is 0 Å². The van der Waals surface area contributed by atoms with Gasteiger partial charge in [-0.25, -0.2) is 4.98 Å². The molecule has 1 atom stereocenters. The third-order valence-corrected chi connectivity index (χ3v) is 5.42. The van der Waals surface area contributed by atoms with E-state index in [4.69, 9.17) is 0 Å². The van der Waals surface area contributed by atoms with E-state index < -0.39 is 0 Å². The minimum absolute atomic E-state index is 0.0244. The van der Waals surface area contributed by atoms with Gasteiger partial charge in [0.15, 0.2) is 0 Å². The summed E-state index contributed by atoms with van der Waals surface area (Å²) in [7, 11) is 0. The number of amides is 3. The highest BCUT2D eigenvalue weighted by Crippen LogP contribution is 2.21. The van der Waals surface area contributed by atoms with Gasteiger partial charge in [-0.3, -0.25) is 14.4 Å². The van der Waals surface area contributed by atoms with Crippen molar-refractivity contribution in [2.24, 2.45) is 0 Å². The highest BCUT2D eigenvalue weighted by Gasteiger charge is 2.35. The average Bonchev–Trinajstić information content (AvgIpc) is 3.06. The second-order valence-electron chi connectivity index (χ2n) is 7.30. The van der Waals surface area contributed by atoms with Gasteiger partial charge in [-0.2, -0.15) is 0 Å². The van der Waals surface area contributed by atoms with E-state index in [0.717, 1.165) is 31.6 Å². The molecule has 0 radical (unpaired) electrons. The van der Waals surface area contributed by atoms with E-state index in [1.165, 1.54) is 6.92 Å². The number of hydrogen-bond acceptors (Lipinski definition) is 5. The van der Waals surface area contributed by atoms with Crippen LogP contribution in [-0.4, -0.2) is 77.8 Å². The summed E-state index contributed by atoms with van der Waals surface area (Å²) in [5, 5.41) is 2.76. The molecule has 8 heteroatoms. The molecule has 3 heterocycles. The van der Waals surface area contributed by atoms with E-state index >= 15 is 0 Å². The molecule has 3 amide bonds. The predicted molar refractivity (Wildman–Crippen MR) is 106 cm³/mol. The van der Waals surface area contributed by atoms with Crippen LogP contribution in [-0.2, 0) is 9.59 Å². The first-order valence-corrected chi connectivity index (χ1v) is 10.1. The molecule has 0 aliphatic carbocycles. The quantitative estimate of drug-likeness (QED) is 0.829. The van der Waals surface area contributed by atoms with E-state index in [1.807, 2.05) is 17.9 Å². The van der Waals surface area contributed by atoms with E-state index in [9.17, 15) is 14.4 Å². The van der Waals surface area contributed by atoms with Crippen LogP contribution >= 0.6 is 0 Å². The van der Waals surface area contributed by atoms with E-state index in [0.29, 0.717) is 38.3 Å². The van der Waals surface area contributed by atoms with Crippen LogP contribution in [0.15, 0.2) is 18.3 Å². The lowest BCUT2D eigenvalue weighted by Gasteiger charge is -2.29. The molecule has 1 aromatic heterocycles. The van der Waals surface area contributed by atoms with Gasteiger partial charge >= 0.3 is 0 Å². The van der Waals surface area contributed by atoms with Crippen molar-refractivity contribution in [2.75, 3.05) is 44.2 Å². The molecule has 1 N–H and O–H groups in total. The summed E-state index contributed by atoms with van der Waals surface area (Å²) in [6.07, 6.45) is 4.08. The number of nitrogens with one attached hydrogen (secondary N) is 1. The Hall–Kier alpha value is -2.64. The van der Waals surface area contributed by atoms with Crippen molar-refractivity contribution in [3.8, 4) is 0 Å². The first kappa shape index (κ1) is 20.1. The highest BCUT2D eigenvalue weighted by atomic mass is 16.2. The lowest BCUT2D eigenvalue weighted by Crippen LogP contribution is -2.48. The van der Waals surface area contributed by atoms with Crippen LogP contribution in [0.1, 0.15) is 43.5 Å². The number of pyridine rings is 1. The normalized spacial score (nSPS) is 20.1. The summed E-state index contributed by atoms with van der Waals surface area (Å²) < 4.78 is 0. The van der Waals surface area contributed by atoms with Crippen LogP contribution in [0, 0.1) is 0 Å². The summed E-state index contributed by atoms with van der Waals surface area (Å²) in [5.74, 6) is 0.729. The standard InChI is InChI=1S/C20H29N5O3/c1-3-21-19(27)16-7-8-18(22-14-16)23-9-5-10-24(13-12-23)20(28)17-6-4-11-25(17)15(2)26/h7-8,14,17H,3-6,9-13H2,1-2H3,(H,21,27)/t17-/m0/s1. The van der Waals surface area contributed by atoms with Crippen molar-refractivity contribution in [3.63, 3.8) is 0 Å². The topological polar surface area (TPSA) is 85.9 Å². The van der Waals surface area contributed by atoms with Gasteiger partial charge in [0, 0.05) is 52.4 Å². The first-order chi connectivity index (χ1) is 13.5. The Morgan fingerprint density at radius 1 is 1.11 bits per heavy atom. The third-order valence-electron chi connectivity index (χ3n) is 5.42. The molecular formula is C20H29N5O3. The van der Waals surface area contributed by atoms with E-state index in [2.05, 4.69) is 15.2 Å². The summed E-state index contributed by atoms with van der Waals surface area (Å²) in [4.78, 5) is 46.8. The van der Waals surface area contributed by atoms with Crippen LogP contribution in [0.3, 0.4) is 0 Å². The number of hydrogen-bond donors (Lipinski definition) is 1. The molecule has 0 unspecified atom stereocenters. The lowest BCUT2D eigenvalue weighted by molar-refractivity contribution is -0.142. The molecule has 0 bridgehead atoms. The first-order valence-electron chi connectivity index (χ1n) is 10.1. The number of aromatic nitrogens is 1. The minimum atomic E-state index is -0.307. The molecule has 8 nitrogen and oxygen atoms in total. The maximum atomic E-state index is 12.9. The van der Waals surface area contributed by atoms with E-state index in [-0.39, 0.29) is 23.8 Å². The van der Waals surface area contributed by atoms with Gasteiger partial charge < -0.3 is 20.0 Å². The van der Waals surface area contributed by atoms with Crippen molar-refractivity contribution >= 4 is 23.5 Å². The Morgan fingerprint density at radius 3 is 2.61 bits per heavy atom. The molecule has 2 aliphatic heterocycles. The van der Waals surface area contributed by atoms with Gasteiger partial charge in [0.25, 0.3) is 5.91 Å². The molecule has 152 valence electrons. The molecule has 0 aromatic carbocycles. The molecule has 0 spiro atoms. The molecule has 0 saturated carbocycles. The van der Waals surface area contributed by atoms with Crippen molar-refractivity contribution < 1.29 is 14.4 Å². The molecule has 28 heavy (non-hydrogen) atoms. The van der Waals surface area contributed by atoms with Crippen LogP contribution in [0.2, 0.25) is 0 Å². The van der Waals surface area contributed by atoms with Crippen LogP contribution < -0.4 is 10.2 Å². The molecule has 2 saturated heterocycles. The number of rotatable bonds is 4. The van der Waals surface area contributed by atoms with Crippen molar-refractivity contribution in [1.29, 1.82) is 0 Å². The minimum Gasteiger partial charge on any atom is -0.355 e. The van der Waals surface area contributed by atoms with E-state index in [1.54, 1.807) is 17.2 Å². The Labute approximate surface area is 165 Å². The average molecular weight is 387 g/mol. The van der Waals surface area contributed by atoms with Crippen molar-refractivity contribution in [3.05, 3.63) is 23.9 Å². The fourth-order valence-electron chi connectivity index (χ4n) is 3.95. The number of nitrogens with zero attached hydrogens (tertiary/aromatic N) is 4. The monoisotopic (exact) mass is 387 g/mol. The SMILES string of the molecule is CCNC(=O)c1ccc(N2CCCN(C(=O)[C@@H]3CCCN3C(C)=O)CC2)nc1.